The van der Waals surface area contributed by atoms with Crippen LogP contribution in [0.5, 0.6) is 0 Å². The predicted octanol–water partition coefficient (Wildman–Crippen LogP) is 1.80. The average Bonchev–Trinajstić information content (AvgIpc) is 2.86. The fourth-order valence-corrected chi connectivity index (χ4v) is 2.02. The van der Waals surface area contributed by atoms with Crippen molar-refractivity contribution < 1.29 is 0 Å². The summed E-state index contributed by atoms with van der Waals surface area (Å²) in [6.45, 7) is 2.07. The molecule has 1 aliphatic rings. The molecule has 78 valence electrons. The summed E-state index contributed by atoms with van der Waals surface area (Å²) in [5, 5.41) is 8.27. The van der Waals surface area contributed by atoms with Crippen molar-refractivity contribution in [2.45, 2.75) is 51.1 Å². The highest BCUT2D eigenvalue weighted by Gasteiger charge is 2.19. The van der Waals surface area contributed by atoms with Crippen LogP contribution in [0.15, 0.2) is 6.20 Å². The normalized spacial score (nSPS) is 20.1. The van der Waals surface area contributed by atoms with Crippen molar-refractivity contribution in [2.75, 3.05) is 0 Å². The molecule has 2 rings (SSSR count). The highest BCUT2D eigenvalue weighted by molar-refractivity contribution is 5.00. The smallest absolute Gasteiger partial charge is 0.0994 e. The fraction of sp³-hybridized carbons (Fsp3) is 0.800. The van der Waals surface area contributed by atoms with E-state index in [1.54, 1.807) is 0 Å². The Labute approximate surface area is 84.5 Å². The number of hydrogen-bond acceptors (Lipinski definition) is 3. The van der Waals surface area contributed by atoms with Crippen molar-refractivity contribution in [3.05, 3.63) is 11.9 Å². The molecule has 1 atom stereocenters. The van der Waals surface area contributed by atoms with Gasteiger partial charge in [-0.05, 0) is 19.3 Å². The van der Waals surface area contributed by atoms with Crippen LogP contribution in [-0.2, 0) is 0 Å². The minimum absolute atomic E-state index is 0.0464. The minimum atomic E-state index is 0.0464. The van der Waals surface area contributed by atoms with Crippen molar-refractivity contribution in [1.82, 2.24) is 15.0 Å². The van der Waals surface area contributed by atoms with Gasteiger partial charge in [0.05, 0.1) is 24.0 Å². The molecule has 1 aromatic heterocycles. The molecule has 1 heterocycles. The molecule has 0 radical (unpaired) electrons. The molecule has 0 aliphatic heterocycles. The summed E-state index contributed by atoms with van der Waals surface area (Å²) in [5.74, 6) is 0. The maximum Gasteiger partial charge on any atom is 0.0994 e. The molecular formula is C10H18N4. The molecule has 0 bridgehead atoms. The first-order valence-corrected chi connectivity index (χ1v) is 5.48. The van der Waals surface area contributed by atoms with Gasteiger partial charge in [0, 0.05) is 0 Å². The summed E-state index contributed by atoms with van der Waals surface area (Å²) in [6, 6.07) is 0.616. The third-order valence-electron chi connectivity index (χ3n) is 3.05. The van der Waals surface area contributed by atoms with Gasteiger partial charge in [-0.2, -0.15) is 0 Å². The number of nitrogens with zero attached hydrogens (tertiary/aromatic N) is 3. The van der Waals surface area contributed by atoms with E-state index in [-0.39, 0.29) is 6.04 Å². The van der Waals surface area contributed by atoms with Crippen molar-refractivity contribution >= 4 is 0 Å². The molecule has 1 aliphatic carbocycles. The Kier molecular flexibility index (Phi) is 2.82. The van der Waals surface area contributed by atoms with Gasteiger partial charge < -0.3 is 5.73 Å². The molecule has 0 aromatic carbocycles. The maximum absolute atomic E-state index is 5.89. The lowest BCUT2D eigenvalue weighted by Gasteiger charge is -2.07. The second-order valence-electron chi connectivity index (χ2n) is 4.08. The standard InChI is InChI=1S/C10H18N4/c1-2-9(11)10-7-14(13-12-10)8-5-3-4-6-8/h7-9H,2-6,11H2,1H3. The van der Waals surface area contributed by atoms with Gasteiger partial charge in [-0.3, -0.25) is 0 Å². The van der Waals surface area contributed by atoms with E-state index in [1.165, 1.54) is 25.7 Å². The SMILES string of the molecule is CCC(N)c1cn(C2CCCC2)nn1. The van der Waals surface area contributed by atoms with Crippen LogP contribution in [0.25, 0.3) is 0 Å². The molecule has 0 amide bonds. The van der Waals surface area contributed by atoms with E-state index in [4.69, 9.17) is 5.73 Å². The predicted molar refractivity (Wildman–Crippen MR) is 54.7 cm³/mol. The van der Waals surface area contributed by atoms with Crippen LogP contribution in [0, 0.1) is 0 Å². The quantitative estimate of drug-likeness (QED) is 0.798. The molecule has 0 saturated heterocycles. The third kappa shape index (κ3) is 1.80. The van der Waals surface area contributed by atoms with Crippen LogP contribution >= 0.6 is 0 Å². The van der Waals surface area contributed by atoms with E-state index in [0.717, 1.165) is 12.1 Å². The van der Waals surface area contributed by atoms with E-state index in [2.05, 4.69) is 17.2 Å². The molecule has 4 heteroatoms. The molecule has 1 saturated carbocycles. The summed E-state index contributed by atoms with van der Waals surface area (Å²) in [4.78, 5) is 0. The summed E-state index contributed by atoms with van der Waals surface area (Å²) in [5.41, 5.74) is 6.82. The van der Waals surface area contributed by atoms with Gasteiger partial charge in [-0.1, -0.05) is 25.0 Å². The molecule has 4 nitrogen and oxygen atoms in total. The largest absolute Gasteiger partial charge is 0.323 e. The van der Waals surface area contributed by atoms with Crippen molar-refractivity contribution in [2.24, 2.45) is 5.73 Å². The second kappa shape index (κ2) is 4.09. The van der Waals surface area contributed by atoms with Gasteiger partial charge in [-0.15, -0.1) is 5.10 Å². The maximum atomic E-state index is 5.89. The molecule has 0 spiro atoms. The summed E-state index contributed by atoms with van der Waals surface area (Å²) < 4.78 is 2.00. The molecule has 1 aromatic rings. The molecule has 1 fully saturated rings. The Morgan fingerprint density at radius 3 is 2.93 bits per heavy atom. The lowest BCUT2D eigenvalue weighted by Crippen LogP contribution is -2.09. The van der Waals surface area contributed by atoms with Gasteiger partial charge in [0.15, 0.2) is 0 Å². The first kappa shape index (κ1) is 9.65. The van der Waals surface area contributed by atoms with Crippen LogP contribution in [0.1, 0.15) is 56.8 Å². The van der Waals surface area contributed by atoms with Crippen LogP contribution in [0.3, 0.4) is 0 Å². The Balaban J connectivity index is 2.08. The van der Waals surface area contributed by atoms with Crippen LogP contribution in [0.2, 0.25) is 0 Å². The monoisotopic (exact) mass is 194 g/mol. The third-order valence-corrected chi connectivity index (χ3v) is 3.05. The number of hydrogen-bond donors (Lipinski definition) is 1. The topological polar surface area (TPSA) is 56.7 Å². The zero-order valence-electron chi connectivity index (χ0n) is 8.69. The van der Waals surface area contributed by atoms with Crippen molar-refractivity contribution in [3.8, 4) is 0 Å². The van der Waals surface area contributed by atoms with Crippen LogP contribution in [0.4, 0.5) is 0 Å². The van der Waals surface area contributed by atoms with Gasteiger partial charge in [0.2, 0.25) is 0 Å². The van der Waals surface area contributed by atoms with Crippen LogP contribution < -0.4 is 5.73 Å². The molecular weight excluding hydrogens is 176 g/mol. The lowest BCUT2D eigenvalue weighted by atomic mass is 10.2. The van der Waals surface area contributed by atoms with E-state index in [0.29, 0.717) is 6.04 Å². The summed E-state index contributed by atoms with van der Waals surface area (Å²) >= 11 is 0. The van der Waals surface area contributed by atoms with Gasteiger partial charge >= 0.3 is 0 Å². The van der Waals surface area contributed by atoms with Gasteiger partial charge in [0.25, 0.3) is 0 Å². The molecule has 2 N–H and O–H groups in total. The zero-order valence-corrected chi connectivity index (χ0v) is 8.69. The number of aromatic nitrogens is 3. The van der Waals surface area contributed by atoms with Crippen molar-refractivity contribution in [3.63, 3.8) is 0 Å². The molecule has 14 heavy (non-hydrogen) atoms. The Morgan fingerprint density at radius 1 is 1.57 bits per heavy atom. The van der Waals surface area contributed by atoms with E-state index >= 15 is 0 Å². The molecule has 1 unspecified atom stereocenters. The van der Waals surface area contributed by atoms with Gasteiger partial charge in [0.1, 0.15) is 0 Å². The Morgan fingerprint density at radius 2 is 2.29 bits per heavy atom. The Hall–Kier alpha value is -0.900. The lowest BCUT2D eigenvalue weighted by molar-refractivity contribution is 0.454. The highest BCUT2D eigenvalue weighted by Crippen LogP contribution is 2.28. The number of nitrogens with two attached hydrogens (primary N) is 1. The minimum Gasteiger partial charge on any atom is -0.323 e. The van der Waals surface area contributed by atoms with E-state index in [9.17, 15) is 0 Å². The number of rotatable bonds is 3. The van der Waals surface area contributed by atoms with E-state index in [1.807, 2.05) is 10.9 Å². The zero-order chi connectivity index (χ0) is 9.97. The first-order valence-electron chi connectivity index (χ1n) is 5.48. The highest BCUT2D eigenvalue weighted by atomic mass is 15.4. The average molecular weight is 194 g/mol. The second-order valence-corrected chi connectivity index (χ2v) is 4.08. The van der Waals surface area contributed by atoms with Gasteiger partial charge in [-0.25, -0.2) is 4.68 Å². The van der Waals surface area contributed by atoms with Crippen LogP contribution in [-0.4, -0.2) is 15.0 Å². The van der Waals surface area contributed by atoms with Crippen molar-refractivity contribution in [1.29, 1.82) is 0 Å². The summed E-state index contributed by atoms with van der Waals surface area (Å²) in [6.07, 6.45) is 8.06. The summed E-state index contributed by atoms with van der Waals surface area (Å²) in [7, 11) is 0. The first-order chi connectivity index (χ1) is 6.81. The Bertz CT molecular complexity index is 288. The fourth-order valence-electron chi connectivity index (χ4n) is 2.02. The van der Waals surface area contributed by atoms with E-state index < -0.39 is 0 Å².